The lowest BCUT2D eigenvalue weighted by atomic mass is 10.1. The van der Waals surface area contributed by atoms with Gasteiger partial charge in [0.15, 0.2) is 4.32 Å². The maximum atomic E-state index is 12.5. The van der Waals surface area contributed by atoms with Gasteiger partial charge in [0.25, 0.3) is 11.6 Å². The van der Waals surface area contributed by atoms with Crippen molar-refractivity contribution in [1.29, 1.82) is 0 Å². The van der Waals surface area contributed by atoms with Gasteiger partial charge in [-0.15, -0.1) is 0 Å². The average Bonchev–Trinajstić information content (AvgIpc) is 2.90. The predicted molar refractivity (Wildman–Crippen MR) is 107 cm³/mol. The lowest BCUT2D eigenvalue weighted by molar-refractivity contribution is -0.385. The van der Waals surface area contributed by atoms with Crippen LogP contribution in [0.2, 0.25) is 0 Å². The minimum absolute atomic E-state index is 0.00967. The van der Waals surface area contributed by atoms with E-state index in [9.17, 15) is 14.9 Å². The molecule has 1 saturated heterocycles. The van der Waals surface area contributed by atoms with Gasteiger partial charge in [-0.3, -0.25) is 20.3 Å². The van der Waals surface area contributed by atoms with Crippen LogP contribution in [0.3, 0.4) is 0 Å². The van der Waals surface area contributed by atoms with Crippen LogP contribution in [0, 0.1) is 10.1 Å². The molecule has 26 heavy (non-hydrogen) atoms. The van der Waals surface area contributed by atoms with E-state index in [0.717, 1.165) is 5.69 Å². The van der Waals surface area contributed by atoms with Crippen molar-refractivity contribution < 1.29 is 9.72 Å². The highest BCUT2D eigenvalue weighted by Crippen LogP contribution is 2.31. The molecule has 0 radical (unpaired) electrons. The van der Waals surface area contributed by atoms with Gasteiger partial charge < -0.3 is 0 Å². The highest BCUT2D eigenvalue weighted by molar-refractivity contribution is 8.26. The molecule has 130 valence electrons. The van der Waals surface area contributed by atoms with Crippen molar-refractivity contribution in [3.63, 3.8) is 0 Å². The molecule has 1 N–H and O–H groups in total. The number of hydrogen-bond donors (Lipinski definition) is 1. The number of nitrogens with one attached hydrogen (secondary N) is 1. The molecule has 1 aliphatic heterocycles. The number of hydrazine groups is 1. The van der Waals surface area contributed by atoms with Crippen LogP contribution in [-0.2, 0) is 4.79 Å². The maximum Gasteiger partial charge on any atom is 0.285 e. The van der Waals surface area contributed by atoms with Gasteiger partial charge in [0.1, 0.15) is 0 Å². The molecule has 1 fully saturated rings. The zero-order valence-electron chi connectivity index (χ0n) is 13.4. The fourth-order valence-corrected chi connectivity index (χ4v) is 3.38. The van der Waals surface area contributed by atoms with Crippen LogP contribution >= 0.6 is 24.0 Å². The summed E-state index contributed by atoms with van der Waals surface area (Å²) >= 11 is 6.41. The summed E-state index contributed by atoms with van der Waals surface area (Å²) in [5, 5.41) is 12.3. The van der Waals surface area contributed by atoms with E-state index in [0.29, 0.717) is 14.8 Å². The second kappa shape index (κ2) is 7.94. The van der Waals surface area contributed by atoms with Crippen LogP contribution in [0.1, 0.15) is 5.56 Å². The molecule has 3 rings (SSSR count). The normalized spacial score (nSPS) is 15.8. The number of allylic oxidation sites excluding steroid dienone is 2. The van der Waals surface area contributed by atoms with Gasteiger partial charge in [0.05, 0.1) is 21.1 Å². The predicted octanol–water partition coefficient (Wildman–Crippen LogP) is 4.38. The molecule has 8 heteroatoms. The van der Waals surface area contributed by atoms with Gasteiger partial charge in [-0.1, -0.05) is 48.2 Å². The first-order chi connectivity index (χ1) is 12.6. The molecule has 0 unspecified atom stereocenters. The van der Waals surface area contributed by atoms with Crippen molar-refractivity contribution in [3.05, 3.63) is 87.3 Å². The van der Waals surface area contributed by atoms with Crippen LogP contribution < -0.4 is 5.43 Å². The van der Waals surface area contributed by atoms with Crippen molar-refractivity contribution in [3.8, 4) is 0 Å². The molecule has 0 aliphatic carbocycles. The van der Waals surface area contributed by atoms with Gasteiger partial charge >= 0.3 is 0 Å². The Kier molecular flexibility index (Phi) is 5.45. The number of amides is 1. The zero-order chi connectivity index (χ0) is 18.5. The summed E-state index contributed by atoms with van der Waals surface area (Å²) in [6, 6.07) is 15.6. The number of benzene rings is 2. The van der Waals surface area contributed by atoms with E-state index in [1.807, 2.05) is 30.3 Å². The average molecular weight is 383 g/mol. The van der Waals surface area contributed by atoms with E-state index in [1.165, 1.54) is 22.8 Å². The van der Waals surface area contributed by atoms with Crippen molar-refractivity contribution in [2.45, 2.75) is 0 Å². The number of para-hydroxylation sites is 2. The fraction of sp³-hybridized carbons (Fsp3) is 0. The van der Waals surface area contributed by atoms with Crippen LogP contribution in [0.4, 0.5) is 11.4 Å². The Morgan fingerprint density at radius 1 is 1.12 bits per heavy atom. The molecule has 0 saturated carbocycles. The topological polar surface area (TPSA) is 75.5 Å². The number of carbonyl (C=O) groups excluding carboxylic acids is 1. The minimum atomic E-state index is -0.442. The first-order valence-corrected chi connectivity index (χ1v) is 8.78. The van der Waals surface area contributed by atoms with Crippen LogP contribution in [-0.4, -0.2) is 20.2 Å². The van der Waals surface area contributed by atoms with Crippen molar-refractivity contribution in [1.82, 2.24) is 5.01 Å². The maximum absolute atomic E-state index is 12.5. The van der Waals surface area contributed by atoms with E-state index in [-0.39, 0.29) is 11.6 Å². The summed E-state index contributed by atoms with van der Waals surface area (Å²) in [7, 11) is 0. The van der Waals surface area contributed by atoms with Gasteiger partial charge in [0, 0.05) is 6.07 Å². The quantitative estimate of drug-likeness (QED) is 0.357. The van der Waals surface area contributed by atoms with Crippen molar-refractivity contribution in [2.24, 2.45) is 0 Å². The molecule has 0 atom stereocenters. The number of thioether (sulfide) groups is 1. The smallest absolute Gasteiger partial charge is 0.285 e. The molecular weight excluding hydrogens is 370 g/mol. The third-order valence-electron chi connectivity index (χ3n) is 3.47. The monoisotopic (exact) mass is 383 g/mol. The largest absolute Gasteiger partial charge is 0.290 e. The van der Waals surface area contributed by atoms with Gasteiger partial charge in [-0.2, -0.15) is 0 Å². The number of nitro groups is 1. The number of rotatable bonds is 5. The molecule has 0 aromatic heterocycles. The number of nitro benzene ring substituents is 1. The molecule has 0 spiro atoms. The fourth-order valence-electron chi connectivity index (χ4n) is 2.25. The summed E-state index contributed by atoms with van der Waals surface area (Å²) in [4.78, 5) is 23.5. The molecule has 2 aromatic rings. The minimum Gasteiger partial charge on any atom is -0.290 e. The third kappa shape index (κ3) is 3.98. The number of nitrogens with zero attached hydrogens (tertiary/aromatic N) is 2. The lowest BCUT2D eigenvalue weighted by Gasteiger charge is -2.16. The number of anilines is 1. The Hall–Kier alpha value is -2.97. The Morgan fingerprint density at radius 2 is 1.81 bits per heavy atom. The number of hydrogen-bond acceptors (Lipinski definition) is 6. The van der Waals surface area contributed by atoms with Crippen LogP contribution in [0.25, 0.3) is 6.08 Å². The van der Waals surface area contributed by atoms with E-state index in [2.05, 4.69) is 5.43 Å². The first-order valence-electron chi connectivity index (χ1n) is 7.56. The Morgan fingerprint density at radius 3 is 2.54 bits per heavy atom. The summed E-state index contributed by atoms with van der Waals surface area (Å²) < 4.78 is 0.393. The third-order valence-corrected chi connectivity index (χ3v) is 4.79. The Balaban J connectivity index is 1.75. The number of thiocarbonyl (C=S) groups is 1. The summed E-state index contributed by atoms with van der Waals surface area (Å²) in [6.07, 6.45) is 4.80. The van der Waals surface area contributed by atoms with Gasteiger partial charge in [-0.25, -0.2) is 5.01 Å². The van der Waals surface area contributed by atoms with Crippen LogP contribution in [0.15, 0.2) is 71.7 Å². The van der Waals surface area contributed by atoms with Crippen LogP contribution in [0.5, 0.6) is 0 Å². The van der Waals surface area contributed by atoms with Crippen molar-refractivity contribution >= 4 is 51.7 Å². The molecule has 0 bridgehead atoms. The highest BCUT2D eigenvalue weighted by Gasteiger charge is 2.32. The zero-order valence-corrected chi connectivity index (χ0v) is 15.0. The lowest BCUT2D eigenvalue weighted by Crippen LogP contribution is -2.33. The van der Waals surface area contributed by atoms with E-state index >= 15 is 0 Å². The van der Waals surface area contributed by atoms with E-state index in [4.69, 9.17) is 12.2 Å². The van der Waals surface area contributed by atoms with E-state index in [1.54, 1.807) is 36.4 Å². The molecule has 1 aliphatic rings. The Labute approximate surface area is 159 Å². The standard InChI is InChI=1S/C18H13N3O3S2/c22-17-16(12-6-8-13-7-4-5-11-15(13)21(23)24)26-18(25)20(17)19-14-9-2-1-3-10-14/h1-12,19H. The summed E-state index contributed by atoms with van der Waals surface area (Å²) in [6.45, 7) is 0. The second-order valence-corrected chi connectivity index (χ2v) is 6.87. The van der Waals surface area contributed by atoms with Gasteiger partial charge in [0.2, 0.25) is 0 Å². The van der Waals surface area contributed by atoms with Gasteiger partial charge in [-0.05, 0) is 42.6 Å². The second-order valence-electron chi connectivity index (χ2n) is 5.19. The molecule has 1 heterocycles. The Bertz CT molecular complexity index is 926. The number of carbonyl (C=O) groups is 1. The van der Waals surface area contributed by atoms with E-state index < -0.39 is 4.92 Å². The molecular formula is C18H13N3O3S2. The highest BCUT2D eigenvalue weighted by atomic mass is 32.2. The molecule has 2 aromatic carbocycles. The molecule has 1 amide bonds. The summed E-state index contributed by atoms with van der Waals surface area (Å²) in [5.74, 6) is -0.268. The van der Waals surface area contributed by atoms with Crippen molar-refractivity contribution in [2.75, 3.05) is 5.43 Å². The first kappa shape index (κ1) is 17.8. The SMILES string of the molecule is O=C1C(=CC=Cc2ccccc2[N+](=O)[O-])SC(=S)N1Nc1ccccc1. The molecule has 6 nitrogen and oxygen atoms in total. The summed E-state index contributed by atoms with van der Waals surface area (Å²) in [5.41, 5.74) is 4.19.